The summed E-state index contributed by atoms with van der Waals surface area (Å²) in [7, 11) is 0. The minimum Gasteiger partial charge on any atom is -0.296 e. The zero-order valence-electron chi connectivity index (χ0n) is 11.6. The van der Waals surface area contributed by atoms with Gasteiger partial charge in [0.1, 0.15) is 0 Å². The Morgan fingerprint density at radius 3 is 2.83 bits per heavy atom. The molecule has 2 heteroatoms. The number of aryl methyl sites for hydroxylation is 1. The quantitative estimate of drug-likeness (QED) is 0.759. The van der Waals surface area contributed by atoms with Gasteiger partial charge < -0.3 is 0 Å². The highest BCUT2D eigenvalue weighted by Crippen LogP contribution is 2.23. The van der Waals surface area contributed by atoms with Crippen LogP contribution in [0.25, 0.3) is 0 Å². The molecule has 2 nitrogen and oxygen atoms in total. The monoisotopic (exact) mass is 245 g/mol. The summed E-state index contributed by atoms with van der Waals surface area (Å²) in [5.74, 6) is 1.74. The van der Waals surface area contributed by atoms with Crippen LogP contribution in [-0.2, 0) is 0 Å². The Hall–Kier alpha value is -1.15. The highest BCUT2D eigenvalue weighted by Gasteiger charge is 2.26. The minimum absolute atomic E-state index is 0.253. The topological polar surface area (TPSA) is 20.3 Å². The second kappa shape index (κ2) is 5.66. The van der Waals surface area contributed by atoms with Gasteiger partial charge in [-0.05, 0) is 37.8 Å². The first-order valence-corrected chi connectivity index (χ1v) is 6.88. The van der Waals surface area contributed by atoms with Crippen molar-refractivity contribution in [3.05, 3.63) is 35.4 Å². The van der Waals surface area contributed by atoms with Crippen molar-refractivity contribution in [2.75, 3.05) is 19.6 Å². The Balaban J connectivity index is 1.93. The molecule has 1 aromatic carbocycles. The van der Waals surface area contributed by atoms with Gasteiger partial charge in [-0.15, -0.1) is 0 Å². The predicted octanol–water partition coefficient (Wildman–Crippen LogP) is 3.16. The first-order chi connectivity index (χ1) is 8.56. The van der Waals surface area contributed by atoms with Gasteiger partial charge in [0.15, 0.2) is 5.78 Å². The number of nitrogens with zero attached hydrogens (tertiary/aromatic N) is 1. The fourth-order valence-corrected chi connectivity index (χ4v) is 2.66. The van der Waals surface area contributed by atoms with E-state index in [-0.39, 0.29) is 5.78 Å². The molecule has 1 aromatic rings. The van der Waals surface area contributed by atoms with Gasteiger partial charge in [-0.25, -0.2) is 0 Å². The lowest BCUT2D eigenvalue weighted by atomic mass is 9.95. The standard InChI is InChI=1S/C16H23NO/c1-12(2)15-7-8-17(10-15)11-16(18)14-6-4-5-13(3)9-14/h4-6,9,12,15H,7-8,10-11H2,1-3H3. The molecule has 2 rings (SSSR count). The highest BCUT2D eigenvalue weighted by molar-refractivity contribution is 5.97. The Kier molecular flexibility index (Phi) is 4.18. The molecule has 1 atom stereocenters. The molecular weight excluding hydrogens is 222 g/mol. The molecule has 0 radical (unpaired) electrons. The second-order valence-corrected chi connectivity index (χ2v) is 5.82. The normalized spacial score (nSPS) is 20.6. The Bertz CT molecular complexity index is 425. The van der Waals surface area contributed by atoms with Crippen molar-refractivity contribution in [2.24, 2.45) is 11.8 Å². The summed E-state index contributed by atoms with van der Waals surface area (Å²) in [5.41, 5.74) is 2.00. The van der Waals surface area contributed by atoms with Crippen LogP contribution in [0.3, 0.4) is 0 Å². The van der Waals surface area contributed by atoms with Crippen LogP contribution in [0.15, 0.2) is 24.3 Å². The molecule has 1 fully saturated rings. The lowest BCUT2D eigenvalue weighted by Gasteiger charge is -2.17. The molecule has 1 heterocycles. The maximum Gasteiger partial charge on any atom is 0.176 e. The first-order valence-electron chi connectivity index (χ1n) is 6.88. The van der Waals surface area contributed by atoms with E-state index >= 15 is 0 Å². The molecule has 1 saturated heterocycles. The molecule has 0 amide bonds. The van der Waals surface area contributed by atoms with Gasteiger partial charge in [0, 0.05) is 12.1 Å². The number of carbonyl (C=O) groups is 1. The van der Waals surface area contributed by atoms with Crippen LogP contribution in [0.1, 0.15) is 36.2 Å². The zero-order chi connectivity index (χ0) is 13.1. The van der Waals surface area contributed by atoms with E-state index in [0.29, 0.717) is 6.54 Å². The summed E-state index contributed by atoms with van der Waals surface area (Å²) in [6.07, 6.45) is 1.23. The van der Waals surface area contributed by atoms with Gasteiger partial charge in [0.05, 0.1) is 6.54 Å². The third-order valence-electron chi connectivity index (χ3n) is 3.96. The van der Waals surface area contributed by atoms with Crippen molar-refractivity contribution in [3.63, 3.8) is 0 Å². The van der Waals surface area contributed by atoms with E-state index in [0.717, 1.165) is 36.1 Å². The van der Waals surface area contributed by atoms with Crippen LogP contribution >= 0.6 is 0 Å². The number of ketones is 1. The molecule has 1 aliphatic heterocycles. The number of hydrogen-bond donors (Lipinski definition) is 0. The van der Waals surface area contributed by atoms with Crippen LogP contribution in [0, 0.1) is 18.8 Å². The van der Waals surface area contributed by atoms with Gasteiger partial charge in [-0.2, -0.15) is 0 Å². The van der Waals surface area contributed by atoms with Crippen LogP contribution in [0.5, 0.6) is 0 Å². The lowest BCUT2D eigenvalue weighted by molar-refractivity contribution is 0.0942. The van der Waals surface area contributed by atoms with Crippen molar-refractivity contribution in [1.29, 1.82) is 0 Å². The number of benzene rings is 1. The van der Waals surface area contributed by atoms with Gasteiger partial charge in [-0.1, -0.05) is 37.6 Å². The fraction of sp³-hybridized carbons (Fsp3) is 0.562. The summed E-state index contributed by atoms with van der Waals surface area (Å²) < 4.78 is 0. The van der Waals surface area contributed by atoms with E-state index in [2.05, 4.69) is 18.7 Å². The highest BCUT2D eigenvalue weighted by atomic mass is 16.1. The van der Waals surface area contributed by atoms with Gasteiger partial charge in [0.2, 0.25) is 0 Å². The Labute approximate surface area is 110 Å². The summed E-state index contributed by atoms with van der Waals surface area (Å²) in [6, 6.07) is 7.90. The number of hydrogen-bond acceptors (Lipinski definition) is 2. The summed E-state index contributed by atoms with van der Waals surface area (Å²) in [6.45, 7) is 9.30. The van der Waals surface area contributed by atoms with E-state index in [1.807, 2.05) is 31.2 Å². The predicted molar refractivity (Wildman–Crippen MR) is 74.9 cm³/mol. The van der Waals surface area contributed by atoms with E-state index in [1.165, 1.54) is 6.42 Å². The molecular formula is C16H23NO. The third kappa shape index (κ3) is 3.20. The molecule has 0 aliphatic carbocycles. The Morgan fingerprint density at radius 2 is 2.22 bits per heavy atom. The molecule has 0 bridgehead atoms. The average molecular weight is 245 g/mol. The summed E-state index contributed by atoms with van der Waals surface area (Å²) in [4.78, 5) is 14.5. The van der Waals surface area contributed by atoms with E-state index < -0.39 is 0 Å². The fourth-order valence-electron chi connectivity index (χ4n) is 2.66. The largest absolute Gasteiger partial charge is 0.296 e. The van der Waals surface area contributed by atoms with Crippen molar-refractivity contribution >= 4 is 5.78 Å². The summed E-state index contributed by atoms with van der Waals surface area (Å²) >= 11 is 0. The van der Waals surface area contributed by atoms with Crippen LogP contribution in [0.4, 0.5) is 0 Å². The third-order valence-corrected chi connectivity index (χ3v) is 3.96. The van der Waals surface area contributed by atoms with Crippen LogP contribution in [0.2, 0.25) is 0 Å². The van der Waals surface area contributed by atoms with Gasteiger partial charge in [0.25, 0.3) is 0 Å². The molecule has 1 unspecified atom stereocenters. The molecule has 0 saturated carbocycles. The molecule has 0 N–H and O–H groups in total. The second-order valence-electron chi connectivity index (χ2n) is 5.82. The van der Waals surface area contributed by atoms with Crippen molar-refractivity contribution < 1.29 is 4.79 Å². The zero-order valence-corrected chi connectivity index (χ0v) is 11.6. The van der Waals surface area contributed by atoms with E-state index in [4.69, 9.17) is 0 Å². The number of rotatable bonds is 4. The van der Waals surface area contributed by atoms with Crippen molar-refractivity contribution in [3.8, 4) is 0 Å². The SMILES string of the molecule is Cc1cccc(C(=O)CN2CCC(C(C)C)C2)c1. The number of likely N-dealkylation sites (tertiary alicyclic amines) is 1. The molecule has 1 aliphatic rings. The van der Waals surface area contributed by atoms with Crippen LogP contribution in [-0.4, -0.2) is 30.3 Å². The Morgan fingerprint density at radius 1 is 1.44 bits per heavy atom. The molecule has 18 heavy (non-hydrogen) atoms. The van der Waals surface area contributed by atoms with Gasteiger partial charge in [-0.3, -0.25) is 9.69 Å². The van der Waals surface area contributed by atoms with E-state index in [9.17, 15) is 4.79 Å². The van der Waals surface area contributed by atoms with Crippen molar-refractivity contribution in [1.82, 2.24) is 4.90 Å². The van der Waals surface area contributed by atoms with Crippen molar-refractivity contribution in [2.45, 2.75) is 27.2 Å². The molecule has 0 aromatic heterocycles. The lowest BCUT2D eigenvalue weighted by Crippen LogP contribution is -2.28. The minimum atomic E-state index is 0.253. The van der Waals surface area contributed by atoms with Gasteiger partial charge >= 0.3 is 0 Å². The number of carbonyl (C=O) groups excluding carboxylic acids is 1. The summed E-state index contributed by atoms with van der Waals surface area (Å²) in [5, 5.41) is 0. The average Bonchev–Trinajstić information content (AvgIpc) is 2.77. The number of Topliss-reactive ketones (excluding diaryl/α,β-unsaturated/α-hetero) is 1. The smallest absolute Gasteiger partial charge is 0.176 e. The molecule has 98 valence electrons. The maximum absolute atomic E-state index is 12.2. The van der Waals surface area contributed by atoms with Crippen LogP contribution < -0.4 is 0 Å². The van der Waals surface area contributed by atoms with E-state index in [1.54, 1.807) is 0 Å². The first kappa shape index (κ1) is 13.3. The maximum atomic E-state index is 12.2. The molecule has 0 spiro atoms.